The Morgan fingerprint density at radius 2 is 1.63 bits per heavy atom. The van der Waals surface area contributed by atoms with Crippen molar-refractivity contribution in [2.45, 2.75) is 44.9 Å². The van der Waals surface area contributed by atoms with Crippen LogP contribution in [0.5, 0.6) is 0 Å². The van der Waals surface area contributed by atoms with Crippen LogP contribution in [0.3, 0.4) is 0 Å². The Morgan fingerprint density at radius 3 is 2.23 bits per heavy atom. The fourth-order valence-electron chi connectivity index (χ4n) is 4.35. The van der Waals surface area contributed by atoms with Gasteiger partial charge >= 0.3 is 6.18 Å². The number of alkyl halides is 3. The maximum Gasteiger partial charge on any atom is 0.416 e. The SMILES string of the molecule is CCCCNC(=O)[C@H](Cc1ccccc1)N(Cc1ccc(Cl)c(Cl)c1)C(=O)CN(c1cccc(C(F)(F)F)c1)S(C)(=O)=O. The Morgan fingerprint density at radius 1 is 0.930 bits per heavy atom. The summed E-state index contributed by atoms with van der Waals surface area (Å²) in [6.45, 7) is 1.31. The largest absolute Gasteiger partial charge is 0.416 e. The van der Waals surface area contributed by atoms with Crippen molar-refractivity contribution < 1.29 is 31.2 Å². The molecule has 0 aliphatic rings. The molecule has 43 heavy (non-hydrogen) atoms. The maximum atomic E-state index is 14.0. The van der Waals surface area contributed by atoms with Crippen molar-refractivity contribution in [1.29, 1.82) is 0 Å². The second-order valence-corrected chi connectivity index (χ2v) is 12.7. The first-order chi connectivity index (χ1) is 20.2. The number of carbonyl (C=O) groups excluding carboxylic acids is 2. The summed E-state index contributed by atoms with van der Waals surface area (Å²) in [4.78, 5) is 28.8. The standard InChI is InChI=1S/C30H32Cl2F3N3O4S/c1-3-4-15-36-29(40)27(17-21-9-6-5-7-10-21)37(19-22-13-14-25(31)26(32)16-22)28(39)20-38(43(2,41)42)24-12-8-11-23(18-24)30(33,34)35/h5-14,16,18,27H,3-4,15,17,19-20H2,1-2H3,(H,36,40)/t27-/m0/s1. The predicted octanol–water partition coefficient (Wildman–Crippen LogP) is 6.33. The highest BCUT2D eigenvalue weighted by atomic mass is 35.5. The number of anilines is 1. The summed E-state index contributed by atoms with van der Waals surface area (Å²) >= 11 is 12.3. The normalized spacial score (nSPS) is 12.4. The van der Waals surface area contributed by atoms with Gasteiger partial charge in [-0.15, -0.1) is 0 Å². The Kier molecular flexibility index (Phi) is 11.9. The molecule has 0 radical (unpaired) electrons. The van der Waals surface area contributed by atoms with E-state index < -0.39 is 46.2 Å². The van der Waals surface area contributed by atoms with Crippen molar-refractivity contribution in [3.8, 4) is 0 Å². The van der Waals surface area contributed by atoms with Gasteiger partial charge in [-0.3, -0.25) is 13.9 Å². The van der Waals surface area contributed by atoms with Gasteiger partial charge in [-0.25, -0.2) is 8.42 Å². The predicted molar refractivity (Wildman–Crippen MR) is 162 cm³/mol. The number of carbonyl (C=O) groups is 2. The molecule has 0 unspecified atom stereocenters. The lowest BCUT2D eigenvalue weighted by atomic mass is 10.0. The molecule has 0 aromatic heterocycles. The van der Waals surface area contributed by atoms with Gasteiger partial charge in [0.25, 0.3) is 0 Å². The minimum absolute atomic E-state index is 0.0916. The van der Waals surface area contributed by atoms with E-state index in [1.54, 1.807) is 36.4 Å². The van der Waals surface area contributed by atoms with Crippen molar-refractivity contribution in [1.82, 2.24) is 10.2 Å². The second kappa shape index (κ2) is 14.9. The number of nitrogens with zero attached hydrogens (tertiary/aromatic N) is 2. The third-order valence-corrected chi connectivity index (χ3v) is 8.46. The number of amides is 2. The zero-order valence-corrected chi connectivity index (χ0v) is 25.9. The van der Waals surface area contributed by atoms with Crippen molar-refractivity contribution in [3.05, 3.63) is 99.5 Å². The van der Waals surface area contributed by atoms with E-state index >= 15 is 0 Å². The van der Waals surface area contributed by atoms with Crippen LogP contribution in [0, 0.1) is 0 Å². The van der Waals surface area contributed by atoms with Gasteiger partial charge in [-0.05, 0) is 47.9 Å². The zero-order chi connectivity index (χ0) is 31.8. The lowest BCUT2D eigenvalue weighted by Crippen LogP contribution is -2.53. The molecule has 0 heterocycles. The average Bonchev–Trinajstić information content (AvgIpc) is 2.95. The molecule has 1 N–H and O–H groups in total. The number of hydrogen-bond acceptors (Lipinski definition) is 4. The zero-order valence-electron chi connectivity index (χ0n) is 23.6. The number of benzene rings is 3. The first-order valence-corrected chi connectivity index (χ1v) is 16.0. The lowest BCUT2D eigenvalue weighted by molar-refractivity contribution is -0.140. The number of halogens is 5. The molecule has 1 atom stereocenters. The van der Waals surface area contributed by atoms with Gasteiger partial charge in [-0.2, -0.15) is 13.2 Å². The van der Waals surface area contributed by atoms with Crippen molar-refractivity contribution >= 4 is 50.7 Å². The van der Waals surface area contributed by atoms with Gasteiger partial charge < -0.3 is 10.2 Å². The molecule has 13 heteroatoms. The van der Waals surface area contributed by atoms with Gasteiger partial charge in [0, 0.05) is 19.5 Å². The van der Waals surface area contributed by atoms with Gasteiger partial charge in [0.1, 0.15) is 12.6 Å². The van der Waals surface area contributed by atoms with E-state index in [1.165, 1.54) is 23.1 Å². The van der Waals surface area contributed by atoms with E-state index in [-0.39, 0.29) is 28.7 Å². The topological polar surface area (TPSA) is 86.8 Å². The van der Waals surface area contributed by atoms with E-state index in [2.05, 4.69) is 5.32 Å². The molecule has 7 nitrogen and oxygen atoms in total. The van der Waals surface area contributed by atoms with E-state index in [9.17, 15) is 31.2 Å². The summed E-state index contributed by atoms with van der Waals surface area (Å²) in [7, 11) is -4.24. The smallest absolute Gasteiger partial charge is 0.354 e. The lowest BCUT2D eigenvalue weighted by Gasteiger charge is -2.33. The van der Waals surface area contributed by atoms with Crippen LogP contribution in [0.15, 0.2) is 72.8 Å². The Bertz CT molecular complexity index is 1520. The maximum absolute atomic E-state index is 14.0. The molecule has 0 bridgehead atoms. The van der Waals surface area contributed by atoms with Crippen LogP contribution < -0.4 is 9.62 Å². The number of nitrogens with one attached hydrogen (secondary N) is 1. The molecule has 3 aromatic rings. The molecule has 0 aliphatic carbocycles. The van der Waals surface area contributed by atoms with E-state index in [0.717, 1.165) is 30.4 Å². The molecule has 0 spiro atoms. The van der Waals surface area contributed by atoms with Crippen molar-refractivity contribution in [3.63, 3.8) is 0 Å². The van der Waals surface area contributed by atoms with E-state index in [1.807, 2.05) is 6.92 Å². The van der Waals surface area contributed by atoms with E-state index in [4.69, 9.17) is 23.2 Å². The fraction of sp³-hybridized carbons (Fsp3) is 0.333. The van der Waals surface area contributed by atoms with Crippen LogP contribution in [0.4, 0.5) is 18.9 Å². The molecule has 0 saturated heterocycles. The molecule has 0 fully saturated rings. The third kappa shape index (κ3) is 9.87. The number of sulfonamides is 1. The summed E-state index contributed by atoms with van der Waals surface area (Å²) < 4.78 is 66.6. The quantitative estimate of drug-likeness (QED) is 0.218. The monoisotopic (exact) mass is 657 g/mol. The fourth-order valence-corrected chi connectivity index (χ4v) is 5.51. The third-order valence-electron chi connectivity index (χ3n) is 6.58. The highest BCUT2D eigenvalue weighted by molar-refractivity contribution is 7.92. The number of rotatable bonds is 13. The first kappa shape index (κ1) is 34.2. The van der Waals surface area contributed by atoms with Crippen LogP contribution >= 0.6 is 23.2 Å². The van der Waals surface area contributed by atoms with Crippen LogP contribution in [0.2, 0.25) is 10.0 Å². The van der Waals surface area contributed by atoms with Gasteiger partial charge in [0.15, 0.2) is 0 Å². The highest BCUT2D eigenvalue weighted by Crippen LogP contribution is 2.32. The Hall–Kier alpha value is -3.28. The van der Waals surface area contributed by atoms with Crippen LogP contribution in [-0.4, -0.2) is 50.5 Å². The Labute approximate surface area is 259 Å². The van der Waals surface area contributed by atoms with Crippen LogP contribution in [0.1, 0.15) is 36.5 Å². The molecule has 0 saturated carbocycles. The first-order valence-electron chi connectivity index (χ1n) is 13.4. The molecule has 3 rings (SSSR count). The second-order valence-electron chi connectivity index (χ2n) is 9.94. The molecular weight excluding hydrogens is 626 g/mol. The minimum Gasteiger partial charge on any atom is -0.354 e. The highest BCUT2D eigenvalue weighted by Gasteiger charge is 2.35. The summed E-state index contributed by atoms with van der Waals surface area (Å²) in [6.07, 6.45) is -2.34. The Balaban J connectivity index is 2.08. The van der Waals surface area contributed by atoms with Gasteiger partial charge in [0.05, 0.1) is 27.6 Å². The van der Waals surface area contributed by atoms with Gasteiger partial charge in [-0.1, -0.05) is 79.0 Å². The molecule has 232 valence electrons. The molecular formula is C30H32Cl2F3N3O4S. The average molecular weight is 659 g/mol. The summed E-state index contributed by atoms with van der Waals surface area (Å²) in [5.74, 6) is -1.27. The van der Waals surface area contributed by atoms with Crippen molar-refractivity contribution in [2.75, 3.05) is 23.7 Å². The molecule has 0 aliphatic heterocycles. The summed E-state index contributed by atoms with van der Waals surface area (Å²) in [5.41, 5.74) is -0.168. The minimum atomic E-state index is -4.74. The molecule has 2 amide bonds. The molecule has 3 aromatic carbocycles. The summed E-state index contributed by atoms with van der Waals surface area (Å²) in [5, 5.41) is 3.33. The van der Waals surface area contributed by atoms with Crippen molar-refractivity contribution in [2.24, 2.45) is 0 Å². The van der Waals surface area contributed by atoms with E-state index in [0.29, 0.717) is 28.9 Å². The van der Waals surface area contributed by atoms with Crippen LogP contribution in [0.25, 0.3) is 0 Å². The number of unbranched alkanes of at least 4 members (excludes halogenated alkanes) is 1. The number of hydrogen-bond donors (Lipinski definition) is 1. The summed E-state index contributed by atoms with van der Waals surface area (Å²) in [6, 6.07) is 16.2. The van der Waals surface area contributed by atoms with Gasteiger partial charge in [0.2, 0.25) is 21.8 Å². The van der Waals surface area contributed by atoms with Crippen LogP contribution in [-0.2, 0) is 38.8 Å².